The van der Waals surface area contributed by atoms with E-state index in [2.05, 4.69) is 40.7 Å². The van der Waals surface area contributed by atoms with Gasteiger partial charge in [0.1, 0.15) is 6.04 Å². The Morgan fingerprint density at radius 1 is 1.13 bits per heavy atom. The predicted octanol–water partition coefficient (Wildman–Crippen LogP) is 3.08. The van der Waals surface area contributed by atoms with Gasteiger partial charge in [-0.1, -0.05) is 42.5 Å². The molecule has 1 saturated carbocycles. The Kier molecular flexibility index (Phi) is 8.21. The van der Waals surface area contributed by atoms with Crippen molar-refractivity contribution in [3.8, 4) is 0 Å². The maximum atomic E-state index is 13.4. The predicted molar refractivity (Wildman–Crippen MR) is 151 cm³/mol. The second-order valence-electron chi connectivity index (χ2n) is 11.0. The van der Waals surface area contributed by atoms with Crippen LogP contribution in [0.2, 0.25) is 0 Å². The van der Waals surface area contributed by atoms with Crippen molar-refractivity contribution < 1.29 is 18.0 Å². The number of hydrogen-bond donors (Lipinski definition) is 3. The topological polar surface area (TPSA) is 108 Å². The summed E-state index contributed by atoms with van der Waals surface area (Å²) < 4.78 is 27.9. The molecule has 208 valence electrons. The van der Waals surface area contributed by atoms with E-state index in [4.69, 9.17) is 0 Å². The SMILES string of the molecule is C=C(CNCC1CC1)c1ccc2c(c1)CCC[C@H]2NC(=O)C[C@@H]1C(=O)NCCN1S(=O)(=O)c1ccc(C)cc1. The zero-order valence-corrected chi connectivity index (χ0v) is 23.4. The molecule has 0 radical (unpaired) electrons. The minimum atomic E-state index is -3.93. The first-order valence-electron chi connectivity index (χ1n) is 13.9. The monoisotopic (exact) mass is 550 g/mol. The van der Waals surface area contributed by atoms with E-state index in [1.807, 2.05) is 6.92 Å². The van der Waals surface area contributed by atoms with Crippen LogP contribution >= 0.6 is 0 Å². The number of carbonyl (C=O) groups is 2. The van der Waals surface area contributed by atoms with Crippen LogP contribution in [0.5, 0.6) is 0 Å². The van der Waals surface area contributed by atoms with Crippen molar-refractivity contribution in [1.82, 2.24) is 20.3 Å². The van der Waals surface area contributed by atoms with E-state index in [-0.39, 0.29) is 36.4 Å². The number of rotatable bonds is 10. The summed E-state index contributed by atoms with van der Waals surface area (Å²) in [6.07, 6.45) is 5.07. The highest BCUT2D eigenvalue weighted by Crippen LogP contribution is 2.32. The molecule has 39 heavy (non-hydrogen) atoms. The Morgan fingerprint density at radius 3 is 2.64 bits per heavy atom. The zero-order valence-electron chi connectivity index (χ0n) is 22.5. The van der Waals surface area contributed by atoms with Gasteiger partial charge in [0.2, 0.25) is 21.8 Å². The van der Waals surface area contributed by atoms with Crippen molar-refractivity contribution >= 4 is 27.4 Å². The fourth-order valence-electron chi connectivity index (χ4n) is 5.49. The molecule has 3 N–H and O–H groups in total. The van der Waals surface area contributed by atoms with Crippen LogP contribution in [-0.4, -0.2) is 56.8 Å². The van der Waals surface area contributed by atoms with Crippen LogP contribution < -0.4 is 16.0 Å². The first-order chi connectivity index (χ1) is 18.7. The van der Waals surface area contributed by atoms with Gasteiger partial charge in [-0.05, 0) is 85.9 Å². The number of sulfonamides is 1. The molecule has 1 saturated heterocycles. The van der Waals surface area contributed by atoms with Gasteiger partial charge in [0.25, 0.3) is 0 Å². The summed E-state index contributed by atoms with van der Waals surface area (Å²) in [6, 6.07) is 11.6. The summed E-state index contributed by atoms with van der Waals surface area (Å²) in [4.78, 5) is 26.1. The highest BCUT2D eigenvalue weighted by molar-refractivity contribution is 7.89. The molecule has 5 rings (SSSR count). The standard InChI is InChI=1S/C30H38N4O4S/c1-20-6-11-25(12-7-20)39(37,38)34-15-14-32-30(36)28(34)17-29(35)33-27-5-3-4-24-16-23(10-13-26(24)27)21(2)18-31-19-22-8-9-22/h6-7,10-13,16,22,27-28,31H,2-5,8-9,14-15,17-19H2,1H3,(H,32,36)(H,33,35)/t27-,28-/m1/s1. The minimum Gasteiger partial charge on any atom is -0.353 e. The molecule has 8 nitrogen and oxygen atoms in total. The number of hydrogen-bond acceptors (Lipinski definition) is 5. The minimum absolute atomic E-state index is 0.119. The van der Waals surface area contributed by atoms with Crippen LogP contribution in [0.3, 0.4) is 0 Å². The Morgan fingerprint density at radius 2 is 1.90 bits per heavy atom. The van der Waals surface area contributed by atoms with Crippen molar-refractivity contribution in [3.63, 3.8) is 0 Å². The Hall–Kier alpha value is -3.01. The number of carbonyl (C=O) groups excluding carboxylic acids is 2. The van der Waals surface area contributed by atoms with Gasteiger partial charge in [-0.2, -0.15) is 4.31 Å². The lowest BCUT2D eigenvalue weighted by atomic mass is 9.85. The van der Waals surface area contributed by atoms with E-state index in [9.17, 15) is 18.0 Å². The van der Waals surface area contributed by atoms with Crippen LogP contribution in [0.15, 0.2) is 53.9 Å². The van der Waals surface area contributed by atoms with Crippen molar-refractivity contribution in [3.05, 3.63) is 71.3 Å². The maximum Gasteiger partial charge on any atom is 0.243 e. The summed E-state index contributed by atoms with van der Waals surface area (Å²) in [5, 5.41) is 9.30. The molecule has 2 aliphatic carbocycles. The van der Waals surface area contributed by atoms with Gasteiger partial charge < -0.3 is 16.0 Å². The first-order valence-corrected chi connectivity index (χ1v) is 15.3. The van der Waals surface area contributed by atoms with Gasteiger partial charge >= 0.3 is 0 Å². The molecule has 2 aromatic rings. The lowest BCUT2D eigenvalue weighted by Crippen LogP contribution is -2.58. The quantitative estimate of drug-likeness (QED) is 0.422. The van der Waals surface area contributed by atoms with Crippen LogP contribution in [0.4, 0.5) is 0 Å². The van der Waals surface area contributed by atoms with Gasteiger partial charge in [0, 0.05) is 19.6 Å². The third-order valence-corrected chi connectivity index (χ3v) is 9.88. The lowest BCUT2D eigenvalue weighted by Gasteiger charge is -2.34. The molecular formula is C30H38N4O4S. The van der Waals surface area contributed by atoms with Gasteiger partial charge in [0.05, 0.1) is 17.4 Å². The molecule has 1 aliphatic heterocycles. The number of aryl methyl sites for hydroxylation is 2. The molecule has 3 aliphatic rings. The molecule has 2 aromatic carbocycles. The highest BCUT2D eigenvalue weighted by atomic mass is 32.2. The van der Waals surface area contributed by atoms with Crippen LogP contribution in [0.1, 0.15) is 60.4 Å². The van der Waals surface area contributed by atoms with E-state index < -0.39 is 22.0 Å². The van der Waals surface area contributed by atoms with Crippen molar-refractivity contribution in [2.75, 3.05) is 26.2 Å². The summed E-state index contributed by atoms with van der Waals surface area (Å²) >= 11 is 0. The fourth-order valence-corrected chi connectivity index (χ4v) is 7.07. The highest BCUT2D eigenvalue weighted by Gasteiger charge is 2.40. The summed E-state index contributed by atoms with van der Waals surface area (Å²) in [5.74, 6) is 0.0338. The average Bonchev–Trinajstić information content (AvgIpc) is 3.74. The summed E-state index contributed by atoms with van der Waals surface area (Å²) in [7, 11) is -3.93. The number of nitrogens with one attached hydrogen (secondary N) is 3. The van der Waals surface area contributed by atoms with Crippen molar-refractivity contribution in [2.24, 2.45) is 5.92 Å². The largest absolute Gasteiger partial charge is 0.353 e. The Balaban J connectivity index is 1.25. The van der Waals surface area contributed by atoms with E-state index in [1.54, 1.807) is 24.3 Å². The molecule has 0 unspecified atom stereocenters. The van der Waals surface area contributed by atoms with E-state index in [0.717, 1.165) is 60.5 Å². The normalized spacial score (nSPS) is 21.6. The molecule has 1 heterocycles. The maximum absolute atomic E-state index is 13.4. The fraction of sp³-hybridized carbons (Fsp3) is 0.467. The van der Waals surface area contributed by atoms with Crippen LogP contribution in [0, 0.1) is 12.8 Å². The van der Waals surface area contributed by atoms with Crippen LogP contribution in [0.25, 0.3) is 5.57 Å². The molecule has 0 spiro atoms. The van der Waals surface area contributed by atoms with E-state index >= 15 is 0 Å². The number of nitrogens with zero attached hydrogens (tertiary/aromatic N) is 1. The number of amides is 2. The Bertz CT molecular complexity index is 1350. The Labute approximate surface area is 231 Å². The molecule has 0 aromatic heterocycles. The van der Waals surface area contributed by atoms with Gasteiger partial charge in [0.15, 0.2) is 0 Å². The van der Waals surface area contributed by atoms with Crippen molar-refractivity contribution in [1.29, 1.82) is 0 Å². The van der Waals surface area contributed by atoms with E-state index in [1.165, 1.54) is 22.7 Å². The second kappa shape index (κ2) is 11.6. The molecule has 9 heteroatoms. The molecule has 0 bridgehead atoms. The number of benzene rings is 2. The lowest BCUT2D eigenvalue weighted by molar-refractivity contribution is -0.132. The summed E-state index contributed by atoms with van der Waals surface area (Å²) in [6.45, 7) is 8.28. The smallest absolute Gasteiger partial charge is 0.243 e. The first kappa shape index (κ1) is 27.6. The van der Waals surface area contributed by atoms with Crippen LogP contribution in [-0.2, 0) is 26.0 Å². The van der Waals surface area contributed by atoms with Gasteiger partial charge in [-0.15, -0.1) is 0 Å². The summed E-state index contributed by atoms with van der Waals surface area (Å²) in [5.41, 5.74) is 5.39. The zero-order chi connectivity index (χ0) is 27.6. The van der Waals surface area contributed by atoms with Gasteiger partial charge in [-0.25, -0.2) is 8.42 Å². The van der Waals surface area contributed by atoms with Gasteiger partial charge in [-0.3, -0.25) is 9.59 Å². The molecule has 2 atom stereocenters. The molecule has 2 fully saturated rings. The molecular weight excluding hydrogens is 512 g/mol. The molecule has 2 amide bonds. The third kappa shape index (κ3) is 6.42. The second-order valence-corrected chi connectivity index (χ2v) is 12.9. The number of fused-ring (bicyclic) bond motifs is 1. The van der Waals surface area contributed by atoms with E-state index in [0.29, 0.717) is 0 Å². The third-order valence-electron chi connectivity index (χ3n) is 7.96. The average molecular weight is 551 g/mol. The number of piperazine rings is 1. The van der Waals surface area contributed by atoms with Crippen molar-refractivity contribution in [2.45, 2.75) is 62.4 Å².